The van der Waals surface area contributed by atoms with Crippen LogP contribution < -0.4 is 5.32 Å². The normalized spacial score (nSPS) is 11.0. The van der Waals surface area contributed by atoms with Crippen LogP contribution in [-0.2, 0) is 7.86 Å². The molecular weight excluding hydrogens is 560 g/mol. The van der Waals surface area contributed by atoms with Crippen LogP contribution in [0.4, 0.5) is 0 Å². The van der Waals surface area contributed by atoms with Gasteiger partial charge in [-0.15, -0.1) is 0 Å². The van der Waals surface area contributed by atoms with Crippen molar-refractivity contribution in [3.63, 3.8) is 0 Å². The zero-order chi connectivity index (χ0) is 23.6. The maximum absolute atomic E-state index is 12.3. The fourth-order valence-corrected chi connectivity index (χ4v) is 5.41. The van der Waals surface area contributed by atoms with Crippen molar-refractivity contribution in [3.8, 4) is 0 Å². The molecule has 0 bridgehead atoms. The molecule has 0 radical (unpaired) electrons. The first-order chi connectivity index (χ1) is 15.5. The maximum Gasteiger partial charge on any atom is 0.259 e. The maximum atomic E-state index is 12.3. The predicted molar refractivity (Wildman–Crippen MR) is 142 cm³/mol. The number of amides is 2. The van der Waals surface area contributed by atoms with Crippen molar-refractivity contribution in [2.45, 2.75) is 110 Å². The lowest BCUT2D eigenvalue weighted by Gasteiger charge is -2.08. The van der Waals surface area contributed by atoms with E-state index in [9.17, 15) is 12.7 Å². The van der Waals surface area contributed by atoms with Crippen LogP contribution in [0.5, 0.6) is 0 Å². The quantitative estimate of drug-likeness (QED) is 0.104. The van der Waals surface area contributed by atoms with E-state index in [1.165, 1.54) is 89.2 Å². The van der Waals surface area contributed by atoms with Crippen molar-refractivity contribution >= 4 is 56.2 Å². The first-order valence-corrected chi connectivity index (χ1v) is 14.8. The van der Waals surface area contributed by atoms with Crippen LogP contribution in [0, 0.1) is 3.57 Å². The summed E-state index contributed by atoms with van der Waals surface area (Å²) in [4.78, 5) is 24.4. The number of unbranched alkanes of at least 4 members (excludes halogenated alkanes) is 14. The molecule has 2 amide bonds. The van der Waals surface area contributed by atoms with Crippen LogP contribution in [-0.4, -0.2) is 11.8 Å². The van der Waals surface area contributed by atoms with Crippen molar-refractivity contribution in [1.29, 1.82) is 0 Å². The average Bonchev–Trinajstić information content (AvgIpc) is 2.75. The summed E-state index contributed by atoms with van der Waals surface area (Å²) in [5.74, 6) is -0.915. The lowest BCUT2D eigenvalue weighted by atomic mass is 10.0. The Bertz CT molecular complexity index is 713. The molecule has 32 heavy (non-hydrogen) atoms. The van der Waals surface area contributed by atoms with Gasteiger partial charge in [0.15, 0.2) is 21.2 Å². The Morgan fingerprint density at radius 1 is 0.781 bits per heavy atom. The number of carbonyl (C=O) groups is 2. The van der Waals surface area contributed by atoms with Crippen molar-refractivity contribution in [2.75, 3.05) is 0 Å². The number of carbonyl (C=O) groups excluding carboxylic acids is 2. The summed E-state index contributed by atoms with van der Waals surface area (Å²) in [5.41, 5.74) is 0.121. The Hall–Kier alpha value is -0.530. The molecule has 7 heteroatoms. The number of rotatable bonds is 18. The molecule has 1 N–H and O–H groups in total. The first-order valence-electron chi connectivity index (χ1n) is 12.1. The molecule has 1 aromatic carbocycles. The van der Waals surface area contributed by atoms with Crippen LogP contribution in [0.2, 0.25) is 10.0 Å². The second-order valence-electron chi connectivity index (χ2n) is 8.40. The highest BCUT2D eigenvalue weighted by Gasteiger charge is 2.18. The highest BCUT2D eigenvalue weighted by atomic mass is 127. The van der Waals surface area contributed by atoms with Gasteiger partial charge in [0.1, 0.15) is 0 Å². The lowest BCUT2D eigenvalue weighted by Crippen LogP contribution is -2.30. The summed E-state index contributed by atoms with van der Waals surface area (Å²) in [6, 6.07) is 2.85. The third-order valence-corrected chi connectivity index (χ3v) is 8.01. The van der Waals surface area contributed by atoms with Gasteiger partial charge < -0.3 is 0 Å². The minimum absolute atomic E-state index is 0.121. The molecule has 0 atom stereocenters. The van der Waals surface area contributed by atoms with Crippen LogP contribution in [0.3, 0.4) is 0 Å². The Morgan fingerprint density at radius 3 is 1.72 bits per heavy atom. The topological polar surface area (TPSA) is 63.2 Å². The van der Waals surface area contributed by atoms with E-state index in [1.54, 1.807) is 0 Å². The van der Waals surface area contributed by atoms with Gasteiger partial charge in [0.05, 0.1) is 14.2 Å². The molecule has 0 spiro atoms. The molecule has 0 saturated carbocycles. The zero-order valence-corrected chi connectivity index (χ0v) is 23.0. The minimum atomic E-state index is -1.65. The van der Waals surface area contributed by atoms with E-state index < -0.39 is 27.1 Å². The van der Waals surface area contributed by atoms with Crippen LogP contribution in [0.25, 0.3) is 0 Å². The monoisotopic (exact) mass is 597 g/mol. The number of halogens is 3. The molecule has 4 nitrogen and oxygen atoms in total. The van der Waals surface area contributed by atoms with Crippen LogP contribution in [0.1, 0.15) is 120 Å². The van der Waals surface area contributed by atoms with Crippen molar-refractivity contribution in [3.05, 3.63) is 31.3 Å². The molecule has 0 unspecified atom stereocenters. The SMILES string of the molecule is CCCCCCCCCCCCCCCCCC(=O)NC(=O)c1cc(Cl)cc(Cl)c1I=O. The van der Waals surface area contributed by atoms with Crippen molar-refractivity contribution in [2.24, 2.45) is 0 Å². The summed E-state index contributed by atoms with van der Waals surface area (Å²) in [6.45, 7) is 2.26. The largest absolute Gasteiger partial charge is 0.292 e. The molecule has 182 valence electrons. The predicted octanol–water partition coefficient (Wildman–Crippen LogP) is 9.00. The molecule has 0 fully saturated rings. The zero-order valence-electron chi connectivity index (χ0n) is 19.3. The Balaban J connectivity index is 2.04. The molecule has 0 aliphatic heterocycles. The van der Waals surface area contributed by atoms with Gasteiger partial charge in [0.25, 0.3) is 5.91 Å². The van der Waals surface area contributed by atoms with Gasteiger partial charge in [-0.05, 0) is 18.6 Å². The Kier molecular flexibility index (Phi) is 17.4. The molecule has 1 aromatic rings. The smallest absolute Gasteiger partial charge is 0.259 e. The van der Waals surface area contributed by atoms with E-state index in [2.05, 4.69) is 12.2 Å². The highest BCUT2D eigenvalue weighted by molar-refractivity contribution is 14.1. The highest BCUT2D eigenvalue weighted by Crippen LogP contribution is 2.29. The number of hydrogen-bond donors (Lipinski definition) is 1. The molecule has 0 heterocycles. The standard InChI is InChI=1S/C25H38Cl2INO3/c1-2-3-4-5-6-7-8-9-10-11-12-13-14-15-16-17-23(30)29-25(31)21-18-20(26)19-22(27)24(21)28-32/h18-19H,2-17H2,1H3,(H,29,30,31). The Morgan fingerprint density at radius 2 is 1.25 bits per heavy atom. The lowest BCUT2D eigenvalue weighted by molar-refractivity contribution is -0.120. The molecular formula is C25H38Cl2INO3. The van der Waals surface area contributed by atoms with Crippen molar-refractivity contribution in [1.82, 2.24) is 5.32 Å². The summed E-state index contributed by atoms with van der Waals surface area (Å²) in [6.07, 6.45) is 19.3. The van der Waals surface area contributed by atoms with E-state index in [0.29, 0.717) is 6.42 Å². The van der Waals surface area contributed by atoms with Gasteiger partial charge in [-0.25, -0.2) is 0 Å². The van der Waals surface area contributed by atoms with Crippen LogP contribution >= 0.6 is 44.4 Å². The van der Waals surface area contributed by atoms with Gasteiger partial charge in [0, 0.05) is 11.4 Å². The van der Waals surface area contributed by atoms with E-state index >= 15 is 0 Å². The summed E-state index contributed by atoms with van der Waals surface area (Å²) in [7, 11) is 0. The first kappa shape index (κ1) is 29.5. The molecule has 0 saturated heterocycles. The second kappa shape index (κ2) is 18.8. The second-order valence-corrected chi connectivity index (χ2v) is 10.8. The van der Waals surface area contributed by atoms with Gasteiger partial charge in [-0.2, -0.15) is 0 Å². The van der Waals surface area contributed by atoms with E-state index in [-0.39, 0.29) is 25.1 Å². The third-order valence-electron chi connectivity index (χ3n) is 5.58. The van der Waals surface area contributed by atoms with E-state index in [0.717, 1.165) is 19.3 Å². The minimum Gasteiger partial charge on any atom is -0.292 e. The fourth-order valence-electron chi connectivity index (χ4n) is 3.71. The molecule has 1 rings (SSSR count). The summed E-state index contributed by atoms with van der Waals surface area (Å²) in [5, 5.41) is 2.83. The third kappa shape index (κ3) is 13.2. The average molecular weight is 598 g/mol. The molecule has 0 aliphatic rings. The van der Waals surface area contributed by atoms with Crippen molar-refractivity contribution < 1.29 is 12.7 Å². The summed E-state index contributed by atoms with van der Waals surface area (Å²) < 4.78 is 11.7. The summed E-state index contributed by atoms with van der Waals surface area (Å²) >= 11 is 10.3. The molecule has 0 aliphatic carbocycles. The fraction of sp³-hybridized carbons (Fsp3) is 0.680. The van der Waals surface area contributed by atoms with Gasteiger partial charge in [-0.1, -0.05) is 120 Å². The van der Waals surface area contributed by atoms with Gasteiger partial charge in [-0.3, -0.25) is 18.0 Å². The number of benzene rings is 1. The number of imide groups is 1. The number of nitrogens with one attached hydrogen (secondary N) is 1. The van der Waals surface area contributed by atoms with Crippen LogP contribution in [0.15, 0.2) is 12.1 Å². The van der Waals surface area contributed by atoms with Gasteiger partial charge in [0.2, 0.25) is 5.91 Å². The number of hydrogen-bond acceptors (Lipinski definition) is 3. The van der Waals surface area contributed by atoms with E-state index in [1.807, 2.05) is 0 Å². The molecule has 0 aromatic heterocycles. The van der Waals surface area contributed by atoms with E-state index in [4.69, 9.17) is 23.2 Å². The Labute approximate surface area is 214 Å². The van der Waals surface area contributed by atoms with Gasteiger partial charge >= 0.3 is 0 Å².